The molecule has 0 unspecified atom stereocenters. The first-order chi connectivity index (χ1) is 9.92. The Balaban J connectivity index is 1.47. The standard InChI is InChI=1S/C16H20N4/c1-7-17-8-2-14(1)13-19-15-5-11-20(12-6-15)16-3-9-18-10-4-16/h1-4,7-10,15,19H,5-6,11-13H2. The third kappa shape index (κ3) is 3.33. The number of pyridine rings is 2. The van der Waals surface area contributed by atoms with Gasteiger partial charge in [0.15, 0.2) is 0 Å². The van der Waals surface area contributed by atoms with Crippen molar-refractivity contribution in [2.45, 2.75) is 25.4 Å². The zero-order valence-electron chi connectivity index (χ0n) is 11.6. The Bertz CT molecular complexity index is 507. The van der Waals surface area contributed by atoms with E-state index in [9.17, 15) is 0 Å². The molecule has 0 amide bonds. The number of hydrogen-bond acceptors (Lipinski definition) is 4. The molecule has 0 atom stereocenters. The first-order valence-electron chi connectivity index (χ1n) is 7.19. The van der Waals surface area contributed by atoms with Crippen molar-refractivity contribution in [3.63, 3.8) is 0 Å². The van der Waals surface area contributed by atoms with Crippen molar-refractivity contribution in [2.24, 2.45) is 0 Å². The maximum Gasteiger partial charge on any atom is 0.0397 e. The molecule has 0 saturated carbocycles. The van der Waals surface area contributed by atoms with Crippen LogP contribution < -0.4 is 10.2 Å². The van der Waals surface area contributed by atoms with Gasteiger partial charge in [0.25, 0.3) is 0 Å². The molecule has 3 heterocycles. The molecule has 1 aliphatic rings. The number of nitrogens with zero attached hydrogens (tertiary/aromatic N) is 3. The van der Waals surface area contributed by atoms with Crippen LogP contribution in [-0.4, -0.2) is 29.1 Å². The largest absolute Gasteiger partial charge is 0.371 e. The highest BCUT2D eigenvalue weighted by atomic mass is 15.1. The molecule has 0 spiro atoms. The normalized spacial score (nSPS) is 16.3. The fraction of sp³-hybridized carbons (Fsp3) is 0.375. The summed E-state index contributed by atoms with van der Waals surface area (Å²) in [5, 5.41) is 3.64. The van der Waals surface area contributed by atoms with Crippen LogP contribution in [0.15, 0.2) is 49.1 Å². The van der Waals surface area contributed by atoms with Crippen LogP contribution >= 0.6 is 0 Å². The summed E-state index contributed by atoms with van der Waals surface area (Å²) in [7, 11) is 0. The molecule has 0 aromatic carbocycles. The van der Waals surface area contributed by atoms with E-state index in [1.54, 1.807) is 0 Å². The van der Waals surface area contributed by atoms with E-state index < -0.39 is 0 Å². The second-order valence-electron chi connectivity index (χ2n) is 5.20. The van der Waals surface area contributed by atoms with Gasteiger partial charge in [-0.2, -0.15) is 0 Å². The van der Waals surface area contributed by atoms with Gasteiger partial charge in [0.05, 0.1) is 0 Å². The monoisotopic (exact) mass is 268 g/mol. The van der Waals surface area contributed by atoms with E-state index in [0.717, 1.165) is 19.6 Å². The molecule has 20 heavy (non-hydrogen) atoms. The van der Waals surface area contributed by atoms with E-state index in [1.165, 1.54) is 24.1 Å². The summed E-state index contributed by atoms with van der Waals surface area (Å²) in [4.78, 5) is 10.6. The third-order valence-electron chi connectivity index (χ3n) is 3.87. The maximum absolute atomic E-state index is 4.07. The van der Waals surface area contributed by atoms with E-state index in [-0.39, 0.29) is 0 Å². The predicted octanol–water partition coefficient (Wildman–Crippen LogP) is 2.24. The lowest BCUT2D eigenvalue weighted by atomic mass is 10.0. The van der Waals surface area contributed by atoms with Gasteiger partial charge >= 0.3 is 0 Å². The van der Waals surface area contributed by atoms with Crippen molar-refractivity contribution >= 4 is 5.69 Å². The first kappa shape index (κ1) is 13.1. The van der Waals surface area contributed by atoms with Crippen LogP contribution in [0, 0.1) is 0 Å². The highest BCUT2D eigenvalue weighted by molar-refractivity contribution is 5.44. The lowest BCUT2D eigenvalue weighted by molar-refractivity contribution is 0.414. The Morgan fingerprint density at radius 2 is 1.55 bits per heavy atom. The van der Waals surface area contributed by atoms with Crippen LogP contribution in [0.5, 0.6) is 0 Å². The Labute approximate surface area is 119 Å². The smallest absolute Gasteiger partial charge is 0.0397 e. The fourth-order valence-corrected chi connectivity index (χ4v) is 2.66. The van der Waals surface area contributed by atoms with Gasteiger partial charge in [0.1, 0.15) is 0 Å². The van der Waals surface area contributed by atoms with Gasteiger partial charge in [-0.1, -0.05) is 0 Å². The molecule has 4 heteroatoms. The Kier molecular flexibility index (Phi) is 4.23. The summed E-state index contributed by atoms with van der Waals surface area (Å²) in [6.45, 7) is 3.15. The minimum Gasteiger partial charge on any atom is -0.371 e. The van der Waals surface area contributed by atoms with Gasteiger partial charge in [-0.05, 0) is 42.7 Å². The number of rotatable bonds is 4. The van der Waals surface area contributed by atoms with E-state index >= 15 is 0 Å². The molecule has 1 aliphatic heterocycles. The number of aromatic nitrogens is 2. The van der Waals surface area contributed by atoms with Gasteiger partial charge in [-0.15, -0.1) is 0 Å². The van der Waals surface area contributed by atoms with Crippen LogP contribution in [0.25, 0.3) is 0 Å². The average molecular weight is 268 g/mol. The summed E-state index contributed by atoms with van der Waals surface area (Å²) in [6, 6.07) is 8.93. The zero-order valence-corrected chi connectivity index (χ0v) is 11.6. The Hall–Kier alpha value is -1.94. The molecule has 0 bridgehead atoms. The topological polar surface area (TPSA) is 41.0 Å². The molecule has 3 rings (SSSR count). The number of hydrogen-bond donors (Lipinski definition) is 1. The Morgan fingerprint density at radius 3 is 2.20 bits per heavy atom. The lowest BCUT2D eigenvalue weighted by Crippen LogP contribution is -2.42. The van der Waals surface area contributed by atoms with Crippen molar-refractivity contribution in [3.05, 3.63) is 54.6 Å². The predicted molar refractivity (Wildman–Crippen MR) is 80.5 cm³/mol. The number of anilines is 1. The van der Waals surface area contributed by atoms with Crippen LogP contribution in [0.4, 0.5) is 5.69 Å². The van der Waals surface area contributed by atoms with Crippen molar-refractivity contribution in [2.75, 3.05) is 18.0 Å². The summed E-state index contributed by atoms with van der Waals surface area (Å²) in [6.07, 6.45) is 9.80. The van der Waals surface area contributed by atoms with E-state index in [2.05, 4.69) is 44.5 Å². The van der Waals surface area contributed by atoms with E-state index in [1.807, 2.05) is 24.8 Å². The average Bonchev–Trinajstić information content (AvgIpc) is 2.55. The van der Waals surface area contributed by atoms with Crippen molar-refractivity contribution < 1.29 is 0 Å². The molecule has 0 aliphatic carbocycles. The fourth-order valence-electron chi connectivity index (χ4n) is 2.66. The maximum atomic E-state index is 4.07. The third-order valence-corrected chi connectivity index (χ3v) is 3.87. The van der Waals surface area contributed by atoms with Crippen LogP contribution in [0.3, 0.4) is 0 Å². The molecule has 1 fully saturated rings. The number of piperidine rings is 1. The first-order valence-corrected chi connectivity index (χ1v) is 7.19. The van der Waals surface area contributed by atoms with Crippen molar-refractivity contribution in [1.29, 1.82) is 0 Å². The van der Waals surface area contributed by atoms with Crippen LogP contribution in [-0.2, 0) is 6.54 Å². The number of nitrogens with one attached hydrogen (secondary N) is 1. The van der Waals surface area contributed by atoms with Gasteiger partial charge in [-0.3, -0.25) is 9.97 Å². The molecular weight excluding hydrogens is 248 g/mol. The summed E-state index contributed by atoms with van der Waals surface area (Å²) in [5.41, 5.74) is 2.59. The van der Waals surface area contributed by atoms with E-state index in [4.69, 9.17) is 0 Å². The van der Waals surface area contributed by atoms with Gasteiger partial charge < -0.3 is 10.2 Å². The highest BCUT2D eigenvalue weighted by Gasteiger charge is 2.18. The van der Waals surface area contributed by atoms with Crippen LogP contribution in [0.1, 0.15) is 18.4 Å². The van der Waals surface area contributed by atoms with Gasteiger partial charge in [0, 0.05) is 56.2 Å². The molecule has 1 N–H and O–H groups in total. The van der Waals surface area contributed by atoms with Crippen molar-refractivity contribution in [1.82, 2.24) is 15.3 Å². The Morgan fingerprint density at radius 1 is 0.950 bits per heavy atom. The molecule has 104 valence electrons. The second kappa shape index (κ2) is 6.48. The summed E-state index contributed by atoms with van der Waals surface area (Å²) in [5.74, 6) is 0. The SMILES string of the molecule is c1cc(CNC2CCN(c3ccncc3)CC2)ccn1. The van der Waals surface area contributed by atoms with Crippen molar-refractivity contribution in [3.8, 4) is 0 Å². The zero-order chi connectivity index (χ0) is 13.6. The van der Waals surface area contributed by atoms with Crippen LogP contribution in [0.2, 0.25) is 0 Å². The molecule has 1 saturated heterocycles. The van der Waals surface area contributed by atoms with Gasteiger partial charge in [-0.25, -0.2) is 0 Å². The molecule has 4 nitrogen and oxygen atoms in total. The van der Waals surface area contributed by atoms with E-state index in [0.29, 0.717) is 6.04 Å². The van der Waals surface area contributed by atoms with Gasteiger partial charge in [0.2, 0.25) is 0 Å². The quantitative estimate of drug-likeness (QED) is 0.923. The summed E-state index contributed by atoms with van der Waals surface area (Å²) < 4.78 is 0. The molecule has 0 radical (unpaired) electrons. The molecular formula is C16H20N4. The highest BCUT2D eigenvalue weighted by Crippen LogP contribution is 2.19. The summed E-state index contributed by atoms with van der Waals surface area (Å²) >= 11 is 0. The second-order valence-corrected chi connectivity index (χ2v) is 5.20. The minimum atomic E-state index is 0.612. The lowest BCUT2D eigenvalue weighted by Gasteiger charge is -2.34. The molecule has 2 aromatic rings. The molecule has 2 aromatic heterocycles. The minimum absolute atomic E-state index is 0.612.